The van der Waals surface area contributed by atoms with E-state index in [1.54, 1.807) is 23.1 Å². The Labute approximate surface area is 155 Å². The van der Waals surface area contributed by atoms with E-state index in [4.69, 9.17) is 17.3 Å². The number of rotatable bonds is 3. The highest BCUT2D eigenvalue weighted by atomic mass is 32.2. The third kappa shape index (κ3) is 3.50. The molecule has 1 heterocycles. The number of aromatic carboxylic acids is 1. The molecule has 25 heavy (non-hydrogen) atoms. The van der Waals surface area contributed by atoms with Crippen molar-refractivity contribution in [2.45, 2.75) is 13.8 Å². The standard InChI is InChI=1S/C19H15NO3S2/c1-11-3-8-15(12(2)9-11)20-17(21)16(25-19(20)24)10-13-4-6-14(7-5-13)18(22)23/h3-10H,1-2H3,(H,22,23)/b16-10+. The van der Waals surface area contributed by atoms with Gasteiger partial charge in [0.05, 0.1) is 16.2 Å². The summed E-state index contributed by atoms with van der Waals surface area (Å²) in [4.78, 5) is 25.8. The number of nitrogens with zero attached hydrogens (tertiary/aromatic N) is 1. The van der Waals surface area contributed by atoms with Crippen LogP contribution >= 0.6 is 24.0 Å². The van der Waals surface area contributed by atoms with Crippen molar-refractivity contribution in [1.82, 2.24) is 0 Å². The highest BCUT2D eigenvalue weighted by Crippen LogP contribution is 2.37. The fourth-order valence-electron chi connectivity index (χ4n) is 2.60. The van der Waals surface area contributed by atoms with Crippen molar-refractivity contribution in [2.24, 2.45) is 0 Å². The lowest BCUT2D eigenvalue weighted by molar-refractivity contribution is -0.113. The highest BCUT2D eigenvalue weighted by Gasteiger charge is 2.34. The van der Waals surface area contributed by atoms with Gasteiger partial charge in [-0.05, 0) is 49.2 Å². The first-order valence-corrected chi connectivity index (χ1v) is 8.78. The lowest BCUT2D eigenvalue weighted by Crippen LogP contribution is -2.28. The number of carboxylic acids is 1. The van der Waals surface area contributed by atoms with Crippen molar-refractivity contribution in [2.75, 3.05) is 4.90 Å². The van der Waals surface area contributed by atoms with Gasteiger partial charge >= 0.3 is 5.97 Å². The first kappa shape index (κ1) is 17.4. The maximum Gasteiger partial charge on any atom is 0.335 e. The molecule has 1 fully saturated rings. The number of anilines is 1. The van der Waals surface area contributed by atoms with Gasteiger partial charge in [0.2, 0.25) is 0 Å². The number of amides is 1. The lowest BCUT2D eigenvalue weighted by Gasteiger charge is -2.17. The predicted octanol–water partition coefficient (Wildman–Crippen LogP) is 4.41. The molecule has 0 unspecified atom stereocenters. The fourth-order valence-corrected chi connectivity index (χ4v) is 3.89. The van der Waals surface area contributed by atoms with Gasteiger partial charge in [0.1, 0.15) is 0 Å². The zero-order chi connectivity index (χ0) is 18.1. The highest BCUT2D eigenvalue weighted by molar-refractivity contribution is 8.27. The second-order valence-corrected chi connectivity index (χ2v) is 7.41. The van der Waals surface area contributed by atoms with Crippen LogP contribution in [0.2, 0.25) is 0 Å². The number of aryl methyl sites for hydroxylation is 2. The third-order valence-electron chi connectivity index (χ3n) is 3.84. The van der Waals surface area contributed by atoms with Crippen molar-refractivity contribution in [3.8, 4) is 0 Å². The molecule has 0 aliphatic carbocycles. The molecule has 0 bridgehead atoms. The second-order valence-electron chi connectivity index (χ2n) is 5.73. The van der Waals surface area contributed by atoms with Crippen molar-refractivity contribution in [3.63, 3.8) is 0 Å². The third-order valence-corrected chi connectivity index (χ3v) is 5.14. The molecular formula is C19H15NO3S2. The first-order chi connectivity index (χ1) is 11.9. The molecule has 2 aromatic rings. The largest absolute Gasteiger partial charge is 0.478 e. The van der Waals surface area contributed by atoms with Crippen LogP contribution in [0, 0.1) is 13.8 Å². The van der Waals surface area contributed by atoms with E-state index in [1.807, 2.05) is 32.0 Å². The van der Waals surface area contributed by atoms with Gasteiger partial charge in [-0.1, -0.05) is 53.8 Å². The van der Waals surface area contributed by atoms with Gasteiger partial charge in [0.15, 0.2) is 4.32 Å². The summed E-state index contributed by atoms with van der Waals surface area (Å²) in [5.74, 6) is -1.14. The maximum atomic E-state index is 12.8. The van der Waals surface area contributed by atoms with Gasteiger partial charge in [-0.2, -0.15) is 0 Å². The molecule has 1 aliphatic rings. The minimum atomic E-state index is -0.979. The Balaban J connectivity index is 1.91. The van der Waals surface area contributed by atoms with Crippen LogP contribution in [0.4, 0.5) is 5.69 Å². The fraction of sp³-hybridized carbons (Fsp3) is 0.105. The summed E-state index contributed by atoms with van der Waals surface area (Å²) in [6, 6.07) is 12.2. The normalized spacial score (nSPS) is 15.9. The lowest BCUT2D eigenvalue weighted by atomic mass is 10.1. The molecule has 4 nitrogen and oxygen atoms in total. The molecule has 0 saturated carbocycles. The number of thioether (sulfide) groups is 1. The Hall–Kier alpha value is -2.44. The average molecular weight is 369 g/mol. The van der Waals surface area contributed by atoms with Gasteiger partial charge in [0, 0.05) is 0 Å². The van der Waals surface area contributed by atoms with Crippen LogP contribution in [-0.2, 0) is 4.79 Å². The molecule has 0 radical (unpaired) electrons. The van der Waals surface area contributed by atoms with Crippen LogP contribution in [0.3, 0.4) is 0 Å². The zero-order valence-electron chi connectivity index (χ0n) is 13.6. The van der Waals surface area contributed by atoms with Crippen molar-refractivity contribution in [1.29, 1.82) is 0 Å². The van der Waals surface area contributed by atoms with E-state index in [0.29, 0.717) is 9.23 Å². The maximum absolute atomic E-state index is 12.8. The van der Waals surface area contributed by atoms with Gasteiger partial charge in [0.25, 0.3) is 5.91 Å². The van der Waals surface area contributed by atoms with Gasteiger partial charge in [-0.15, -0.1) is 0 Å². The molecule has 1 aliphatic heterocycles. The van der Waals surface area contributed by atoms with E-state index in [0.717, 1.165) is 22.4 Å². The van der Waals surface area contributed by atoms with E-state index in [-0.39, 0.29) is 11.5 Å². The van der Waals surface area contributed by atoms with Crippen LogP contribution in [0.5, 0.6) is 0 Å². The summed E-state index contributed by atoms with van der Waals surface area (Å²) in [7, 11) is 0. The van der Waals surface area contributed by atoms with Crippen molar-refractivity contribution >= 4 is 51.9 Å². The Morgan fingerprint density at radius 1 is 1.16 bits per heavy atom. The summed E-state index contributed by atoms with van der Waals surface area (Å²) in [5.41, 5.74) is 3.87. The van der Waals surface area contributed by atoms with E-state index >= 15 is 0 Å². The van der Waals surface area contributed by atoms with E-state index in [9.17, 15) is 9.59 Å². The molecule has 6 heteroatoms. The van der Waals surface area contributed by atoms with Crippen LogP contribution in [-0.4, -0.2) is 21.3 Å². The molecule has 1 amide bonds. The first-order valence-electron chi connectivity index (χ1n) is 7.55. The number of carbonyl (C=O) groups is 2. The Morgan fingerprint density at radius 3 is 2.44 bits per heavy atom. The summed E-state index contributed by atoms with van der Waals surface area (Å²) in [6.07, 6.45) is 1.73. The van der Waals surface area contributed by atoms with Gasteiger partial charge in [-0.3, -0.25) is 9.69 Å². The number of hydrogen-bond acceptors (Lipinski definition) is 4. The summed E-state index contributed by atoms with van der Waals surface area (Å²) in [5, 5.41) is 8.95. The minimum Gasteiger partial charge on any atom is -0.478 e. The zero-order valence-corrected chi connectivity index (χ0v) is 15.3. The summed E-state index contributed by atoms with van der Waals surface area (Å²) in [6.45, 7) is 3.96. The van der Waals surface area contributed by atoms with Crippen LogP contribution < -0.4 is 4.90 Å². The monoisotopic (exact) mass is 369 g/mol. The molecule has 0 spiro atoms. The van der Waals surface area contributed by atoms with Crippen LogP contribution in [0.1, 0.15) is 27.0 Å². The average Bonchev–Trinajstić information content (AvgIpc) is 2.82. The van der Waals surface area contributed by atoms with Crippen LogP contribution in [0.25, 0.3) is 6.08 Å². The molecule has 126 valence electrons. The molecule has 1 saturated heterocycles. The number of thiocarbonyl (C=S) groups is 1. The molecule has 3 rings (SSSR count). The smallest absolute Gasteiger partial charge is 0.335 e. The second kappa shape index (κ2) is 6.82. The SMILES string of the molecule is Cc1ccc(N2C(=O)/C(=C\c3ccc(C(=O)O)cc3)SC2=S)c(C)c1. The summed E-state index contributed by atoms with van der Waals surface area (Å²) < 4.78 is 0.491. The minimum absolute atomic E-state index is 0.163. The van der Waals surface area contributed by atoms with Crippen LogP contribution in [0.15, 0.2) is 47.4 Å². The molecule has 0 aromatic heterocycles. The predicted molar refractivity (Wildman–Crippen MR) is 105 cm³/mol. The number of hydrogen-bond donors (Lipinski definition) is 1. The van der Waals surface area contributed by atoms with Crippen molar-refractivity contribution < 1.29 is 14.7 Å². The molecule has 2 aromatic carbocycles. The topological polar surface area (TPSA) is 57.6 Å². The number of carboxylic acid groups (broad SMARTS) is 1. The Bertz CT molecular complexity index is 917. The molecular weight excluding hydrogens is 354 g/mol. The Morgan fingerprint density at radius 2 is 1.84 bits per heavy atom. The van der Waals surface area contributed by atoms with Crippen molar-refractivity contribution in [3.05, 3.63) is 69.6 Å². The number of carbonyl (C=O) groups excluding carboxylic acids is 1. The van der Waals surface area contributed by atoms with Gasteiger partial charge in [-0.25, -0.2) is 4.79 Å². The quantitative estimate of drug-likeness (QED) is 0.642. The molecule has 1 N–H and O–H groups in total. The van der Waals surface area contributed by atoms with E-state index < -0.39 is 5.97 Å². The summed E-state index contributed by atoms with van der Waals surface area (Å²) >= 11 is 6.64. The Kier molecular flexibility index (Phi) is 4.74. The van der Waals surface area contributed by atoms with E-state index in [1.165, 1.54) is 23.9 Å². The number of benzene rings is 2. The van der Waals surface area contributed by atoms with Gasteiger partial charge < -0.3 is 5.11 Å². The van der Waals surface area contributed by atoms with E-state index in [2.05, 4.69) is 0 Å². The molecule has 0 atom stereocenters.